The van der Waals surface area contributed by atoms with Crippen LogP contribution in [-0.2, 0) is 4.57 Å². The predicted molar refractivity (Wildman–Crippen MR) is 27.8 cm³/mol. The second-order valence-electron chi connectivity index (χ2n) is 0.513. The zero-order valence-electron chi connectivity index (χ0n) is 3.61. The molecule has 0 aliphatic rings. The van der Waals surface area contributed by atoms with Gasteiger partial charge in [0, 0.05) is 0 Å². The van der Waals surface area contributed by atoms with E-state index in [1.54, 1.807) is 0 Å². The van der Waals surface area contributed by atoms with Crippen LogP contribution in [0.2, 0.25) is 0 Å². The predicted octanol–water partition coefficient (Wildman–Crippen LogP) is -1.68. The molecule has 0 amide bonds. The molecule has 0 fully saturated rings. The van der Waals surface area contributed by atoms with Gasteiger partial charge in [-0.15, -0.1) is 0 Å². The summed E-state index contributed by atoms with van der Waals surface area (Å²) in [6.45, 7) is 0. The maximum absolute atomic E-state index is 8.88. The van der Waals surface area contributed by atoms with Crippen LogP contribution in [0.4, 0.5) is 0 Å². The van der Waals surface area contributed by atoms with Gasteiger partial charge in [-0.25, -0.2) is 4.57 Å². The standard InChI is InChI=1S/H3N.H3O4P.Pb.2H/c;1-5(2,3)4;;;/h1H3;(H3,1,2,3,4);;;. The van der Waals surface area contributed by atoms with Crippen molar-refractivity contribution in [2.45, 2.75) is 0 Å². The van der Waals surface area contributed by atoms with Crippen molar-refractivity contribution in [1.29, 1.82) is 0 Å². The average molecular weight is 324 g/mol. The van der Waals surface area contributed by atoms with Crippen molar-refractivity contribution < 1.29 is 19.2 Å². The van der Waals surface area contributed by atoms with E-state index < -0.39 is 7.82 Å². The molecule has 0 bridgehead atoms. The number of hydrogen-bond donors (Lipinski definition) is 4. The number of phosphoric acid groups is 1. The summed E-state index contributed by atoms with van der Waals surface area (Å²) in [5.74, 6) is 0. The summed E-state index contributed by atoms with van der Waals surface area (Å²) in [5.41, 5.74) is 0. The summed E-state index contributed by atoms with van der Waals surface area (Å²) in [5, 5.41) is 0. The molecule has 2 radical (unpaired) electrons. The average Bonchev–Trinajstić information content (AvgIpc) is 0.722. The SMILES string of the molecule is N.O=P(O)(O)O.[PbH2]. The van der Waals surface area contributed by atoms with Gasteiger partial charge in [-0.3, -0.25) is 0 Å². The van der Waals surface area contributed by atoms with E-state index in [1.165, 1.54) is 0 Å². The van der Waals surface area contributed by atoms with Crippen LogP contribution in [-0.4, -0.2) is 42.0 Å². The molecule has 0 spiro atoms. The van der Waals surface area contributed by atoms with E-state index in [9.17, 15) is 0 Å². The van der Waals surface area contributed by atoms with Gasteiger partial charge in [-0.1, -0.05) is 0 Å². The van der Waals surface area contributed by atoms with Crippen LogP contribution in [0.5, 0.6) is 0 Å². The molecule has 0 saturated carbocycles. The fourth-order valence-electron chi connectivity index (χ4n) is 0. The number of rotatable bonds is 0. The Bertz CT molecular complexity index is 57.8. The minimum atomic E-state index is -4.64. The van der Waals surface area contributed by atoms with E-state index >= 15 is 0 Å². The van der Waals surface area contributed by atoms with E-state index in [2.05, 4.69) is 0 Å². The number of hydrogen-bond acceptors (Lipinski definition) is 2. The third-order valence-corrected chi connectivity index (χ3v) is 0. The molecule has 0 heterocycles. The van der Waals surface area contributed by atoms with Crippen LogP contribution in [0.1, 0.15) is 0 Å². The molecule has 0 aromatic heterocycles. The quantitative estimate of drug-likeness (QED) is 0.314. The molecule has 0 rings (SSSR count). The first-order valence-electron chi connectivity index (χ1n) is 0.783. The first kappa shape index (κ1) is 15.7. The topological polar surface area (TPSA) is 113 Å². The second kappa shape index (κ2) is 5.14. The third-order valence-electron chi connectivity index (χ3n) is 0. The van der Waals surface area contributed by atoms with Gasteiger partial charge in [0.2, 0.25) is 0 Å². The van der Waals surface area contributed by atoms with Crippen molar-refractivity contribution in [1.82, 2.24) is 6.15 Å². The molecule has 0 unspecified atom stereocenters. The zero-order valence-corrected chi connectivity index (χ0v) is 10.0. The van der Waals surface area contributed by atoms with Crippen molar-refractivity contribution in [3.63, 3.8) is 0 Å². The van der Waals surface area contributed by atoms with E-state index in [4.69, 9.17) is 19.2 Å². The van der Waals surface area contributed by atoms with Gasteiger partial charge in [-0.05, 0) is 0 Å². The molecule has 0 aromatic rings. The van der Waals surface area contributed by atoms with Crippen molar-refractivity contribution in [2.24, 2.45) is 0 Å². The molecule has 0 aliphatic carbocycles. The summed E-state index contributed by atoms with van der Waals surface area (Å²) in [6, 6.07) is 0. The van der Waals surface area contributed by atoms with Crippen molar-refractivity contribution >= 4 is 35.1 Å². The van der Waals surface area contributed by atoms with Crippen molar-refractivity contribution in [3.05, 3.63) is 0 Å². The van der Waals surface area contributed by atoms with E-state index in [1.807, 2.05) is 0 Å². The minimum absolute atomic E-state index is 0. The van der Waals surface area contributed by atoms with Crippen LogP contribution >= 0.6 is 7.82 Å². The third kappa shape index (κ3) is 177. The Morgan fingerprint density at radius 1 is 1.14 bits per heavy atom. The van der Waals surface area contributed by atoms with Gasteiger partial charge in [0.15, 0.2) is 0 Å². The van der Waals surface area contributed by atoms with E-state index in [0.717, 1.165) is 0 Å². The zero-order chi connectivity index (χ0) is 4.50. The fourth-order valence-corrected chi connectivity index (χ4v) is 0. The molecule has 0 saturated heterocycles. The summed E-state index contributed by atoms with van der Waals surface area (Å²) in [6.07, 6.45) is 0. The fraction of sp³-hybridized carbons (Fsp3) is 0. The van der Waals surface area contributed by atoms with Crippen molar-refractivity contribution in [2.75, 3.05) is 0 Å². The summed E-state index contributed by atoms with van der Waals surface area (Å²) in [7, 11) is -4.64. The van der Waals surface area contributed by atoms with Crippen LogP contribution in [0.15, 0.2) is 0 Å². The second-order valence-corrected chi connectivity index (χ2v) is 1.54. The van der Waals surface area contributed by atoms with Crippen LogP contribution < -0.4 is 6.15 Å². The van der Waals surface area contributed by atoms with Crippen LogP contribution in [0.3, 0.4) is 0 Å². The molecule has 6 N–H and O–H groups in total. The van der Waals surface area contributed by atoms with Gasteiger partial charge >= 0.3 is 35.1 Å². The Hall–Kier alpha value is 0.992. The summed E-state index contributed by atoms with van der Waals surface area (Å²) in [4.78, 5) is 21.6. The van der Waals surface area contributed by atoms with E-state index in [-0.39, 0.29) is 33.4 Å². The van der Waals surface area contributed by atoms with Gasteiger partial charge in [0.1, 0.15) is 0 Å². The summed E-state index contributed by atoms with van der Waals surface area (Å²) < 4.78 is 8.88. The molecular weight excluding hydrogens is 316 g/mol. The molecule has 0 aliphatic heterocycles. The Balaban J connectivity index is -0.0000000800. The van der Waals surface area contributed by atoms with Gasteiger partial charge in [0.25, 0.3) is 0 Å². The first-order chi connectivity index (χ1) is 2.00. The Labute approximate surface area is 60.7 Å². The van der Waals surface area contributed by atoms with Gasteiger partial charge in [0.05, 0.1) is 0 Å². The molecule has 7 heteroatoms. The molecule has 46 valence electrons. The van der Waals surface area contributed by atoms with Crippen LogP contribution in [0.25, 0.3) is 0 Å². The Morgan fingerprint density at radius 3 is 1.14 bits per heavy atom. The first-order valence-corrected chi connectivity index (χ1v) is 2.35. The summed E-state index contributed by atoms with van der Waals surface area (Å²) >= 11 is 0. The molecule has 7 heavy (non-hydrogen) atoms. The van der Waals surface area contributed by atoms with Gasteiger partial charge in [-0.2, -0.15) is 0 Å². The molecule has 0 aromatic carbocycles. The van der Waals surface area contributed by atoms with Crippen LogP contribution in [0, 0.1) is 0 Å². The molecular formula is H8NO4PPb. The van der Waals surface area contributed by atoms with Gasteiger partial charge < -0.3 is 20.8 Å². The maximum atomic E-state index is 8.88. The Kier molecular flexibility index (Phi) is 11.5. The van der Waals surface area contributed by atoms with E-state index in [0.29, 0.717) is 0 Å². The normalized spacial score (nSPS) is 8.43. The Morgan fingerprint density at radius 2 is 1.14 bits per heavy atom. The van der Waals surface area contributed by atoms with Crippen molar-refractivity contribution in [3.8, 4) is 0 Å². The molecule has 0 atom stereocenters. The monoisotopic (exact) mass is 325 g/mol. The molecule has 5 nitrogen and oxygen atoms in total.